The van der Waals surface area contributed by atoms with Gasteiger partial charge in [-0.25, -0.2) is 0 Å². The Bertz CT molecular complexity index is 802. The topological polar surface area (TPSA) is 114 Å². The number of ether oxygens (including phenoxy) is 2. The molecule has 6 heteroatoms. The van der Waals surface area contributed by atoms with Gasteiger partial charge in [0.25, 0.3) is 0 Å². The smallest absolute Gasteiger partial charge is 0.217 e. The van der Waals surface area contributed by atoms with Crippen LogP contribution in [0.3, 0.4) is 0 Å². The van der Waals surface area contributed by atoms with E-state index in [1.165, 1.54) is 0 Å². The maximum atomic E-state index is 9.95. The first kappa shape index (κ1) is 16.0. The Morgan fingerprint density at radius 3 is 2.25 bits per heavy atom. The molecule has 0 spiro atoms. The van der Waals surface area contributed by atoms with E-state index in [4.69, 9.17) is 14.9 Å². The van der Waals surface area contributed by atoms with Gasteiger partial charge < -0.3 is 9.47 Å². The SMILES string of the molecule is CC[C@]12OC(=N)[C@](C#N)([C@H]1C)C(C#N)(C#N)[C@@H](c1ccccc1)O2. The van der Waals surface area contributed by atoms with Gasteiger partial charge in [-0.15, -0.1) is 0 Å². The van der Waals surface area contributed by atoms with Crippen molar-refractivity contribution in [2.45, 2.75) is 32.2 Å². The van der Waals surface area contributed by atoms with E-state index in [2.05, 4.69) is 6.07 Å². The Balaban J connectivity index is 2.34. The number of rotatable bonds is 2. The number of nitrogens with one attached hydrogen (secondary N) is 1. The Morgan fingerprint density at radius 1 is 1.12 bits per heavy atom. The molecule has 0 aromatic heterocycles. The van der Waals surface area contributed by atoms with Crippen molar-refractivity contribution in [1.29, 1.82) is 21.2 Å². The largest absolute Gasteiger partial charge is 0.447 e. The maximum absolute atomic E-state index is 9.95. The summed E-state index contributed by atoms with van der Waals surface area (Å²) in [7, 11) is 0. The van der Waals surface area contributed by atoms with E-state index in [9.17, 15) is 15.8 Å². The van der Waals surface area contributed by atoms with Crippen molar-refractivity contribution >= 4 is 5.90 Å². The fourth-order valence-electron chi connectivity index (χ4n) is 3.97. The van der Waals surface area contributed by atoms with Crippen molar-refractivity contribution in [2.75, 3.05) is 0 Å². The maximum Gasteiger partial charge on any atom is 0.217 e. The van der Waals surface area contributed by atoms with Crippen LogP contribution < -0.4 is 0 Å². The summed E-state index contributed by atoms with van der Waals surface area (Å²) in [6.45, 7) is 3.55. The van der Waals surface area contributed by atoms with Crippen LogP contribution in [0.1, 0.15) is 31.9 Å². The predicted octanol–water partition coefficient (Wildman–Crippen LogP) is 3.05. The number of hydrogen-bond donors (Lipinski definition) is 1. The molecule has 0 radical (unpaired) electrons. The molecular formula is C18H16N4O2. The molecule has 2 aliphatic heterocycles. The summed E-state index contributed by atoms with van der Waals surface area (Å²) < 4.78 is 11.8. The second-order valence-electron chi connectivity index (χ2n) is 6.18. The van der Waals surface area contributed by atoms with Gasteiger partial charge in [-0.3, -0.25) is 5.41 Å². The summed E-state index contributed by atoms with van der Waals surface area (Å²) in [6, 6.07) is 15.0. The lowest BCUT2D eigenvalue weighted by Crippen LogP contribution is -2.58. The normalized spacial score (nSPS) is 36.0. The van der Waals surface area contributed by atoms with Crippen molar-refractivity contribution in [3.63, 3.8) is 0 Å². The molecule has 6 nitrogen and oxygen atoms in total. The zero-order valence-corrected chi connectivity index (χ0v) is 13.4. The number of nitrogens with zero attached hydrogens (tertiary/aromatic N) is 3. The first-order chi connectivity index (χ1) is 11.5. The fourth-order valence-corrected chi connectivity index (χ4v) is 3.97. The van der Waals surface area contributed by atoms with Gasteiger partial charge in [0.1, 0.15) is 6.10 Å². The average Bonchev–Trinajstić information content (AvgIpc) is 2.78. The molecule has 120 valence electrons. The van der Waals surface area contributed by atoms with Gasteiger partial charge in [-0.2, -0.15) is 15.8 Å². The highest BCUT2D eigenvalue weighted by molar-refractivity contribution is 5.89. The summed E-state index contributed by atoms with van der Waals surface area (Å²) >= 11 is 0. The van der Waals surface area contributed by atoms with Gasteiger partial charge in [0.15, 0.2) is 5.41 Å². The van der Waals surface area contributed by atoms with Crippen LogP contribution >= 0.6 is 0 Å². The van der Waals surface area contributed by atoms with E-state index >= 15 is 0 Å². The van der Waals surface area contributed by atoms with E-state index in [-0.39, 0.29) is 5.90 Å². The number of fused-ring (bicyclic) bond motifs is 2. The molecule has 24 heavy (non-hydrogen) atoms. The van der Waals surface area contributed by atoms with Gasteiger partial charge in [-0.05, 0) is 5.56 Å². The molecule has 4 atom stereocenters. The lowest BCUT2D eigenvalue weighted by atomic mass is 9.53. The minimum atomic E-state index is -1.87. The van der Waals surface area contributed by atoms with Crippen LogP contribution in [-0.2, 0) is 9.47 Å². The Morgan fingerprint density at radius 2 is 1.75 bits per heavy atom. The minimum absolute atomic E-state index is 0.360. The minimum Gasteiger partial charge on any atom is -0.447 e. The Kier molecular flexibility index (Phi) is 3.37. The van der Waals surface area contributed by atoms with Gasteiger partial charge in [0, 0.05) is 6.42 Å². The molecule has 3 rings (SSSR count). The van der Waals surface area contributed by atoms with Crippen LogP contribution in [-0.4, -0.2) is 11.7 Å². The summed E-state index contributed by atoms with van der Waals surface area (Å²) in [5.74, 6) is -2.17. The highest BCUT2D eigenvalue weighted by Crippen LogP contribution is 2.66. The fraction of sp³-hybridized carbons (Fsp3) is 0.444. The van der Waals surface area contributed by atoms with Crippen LogP contribution in [0.5, 0.6) is 0 Å². The molecule has 1 aromatic rings. The highest BCUT2D eigenvalue weighted by Gasteiger charge is 2.78. The molecule has 0 amide bonds. The van der Waals surface area contributed by atoms with E-state index in [0.717, 1.165) is 0 Å². The quantitative estimate of drug-likeness (QED) is 0.899. The third kappa shape index (κ3) is 1.53. The van der Waals surface area contributed by atoms with Crippen LogP contribution in [0.4, 0.5) is 0 Å². The number of nitriles is 3. The van der Waals surface area contributed by atoms with Gasteiger partial charge in [0.05, 0.1) is 24.1 Å². The van der Waals surface area contributed by atoms with Gasteiger partial charge in [0.2, 0.25) is 17.1 Å². The van der Waals surface area contributed by atoms with Crippen LogP contribution in [0.25, 0.3) is 0 Å². The predicted molar refractivity (Wildman–Crippen MR) is 83.0 cm³/mol. The molecule has 1 aromatic carbocycles. The Hall–Kier alpha value is -2.88. The first-order valence-electron chi connectivity index (χ1n) is 7.72. The molecule has 2 aliphatic rings. The van der Waals surface area contributed by atoms with Crippen molar-refractivity contribution in [3.05, 3.63) is 35.9 Å². The van der Waals surface area contributed by atoms with Gasteiger partial charge in [-0.1, -0.05) is 44.2 Å². The third-order valence-electron chi connectivity index (χ3n) is 5.40. The van der Waals surface area contributed by atoms with Crippen molar-refractivity contribution < 1.29 is 9.47 Å². The standard InChI is InChI=1S/C18H16N4O2/c1-3-18-12(2)17(11-21,15(22)24-18)16(9-19,10-20)14(23-18)13-7-5-4-6-8-13/h4-8,12,14,22H,3H2,1-2H3/t12-,14-,17+,18+/m1/s1. The zero-order valence-electron chi connectivity index (χ0n) is 13.4. The highest BCUT2D eigenvalue weighted by atomic mass is 16.7. The summed E-state index contributed by atoms with van der Waals surface area (Å²) in [5, 5.41) is 38.1. The molecule has 0 aliphatic carbocycles. The molecule has 0 unspecified atom stereocenters. The molecule has 2 heterocycles. The lowest BCUT2D eigenvalue weighted by Gasteiger charge is -2.48. The molecule has 2 bridgehead atoms. The number of hydrogen-bond acceptors (Lipinski definition) is 6. The Labute approximate surface area is 140 Å². The molecule has 2 fully saturated rings. The van der Waals surface area contributed by atoms with E-state index in [1.54, 1.807) is 31.2 Å². The second-order valence-corrected chi connectivity index (χ2v) is 6.18. The molecular weight excluding hydrogens is 304 g/mol. The van der Waals surface area contributed by atoms with Crippen molar-refractivity contribution in [1.82, 2.24) is 0 Å². The molecule has 0 saturated carbocycles. The number of benzene rings is 1. The summed E-state index contributed by atoms with van der Waals surface area (Å²) in [5.41, 5.74) is -2.93. The van der Waals surface area contributed by atoms with E-state index in [0.29, 0.717) is 12.0 Å². The van der Waals surface area contributed by atoms with E-state index < -0.39 is 28.6 Å². The van der Waals surface area contributed by atoms with Crippen LogP contribution in [0, 0.1) is 56.2 Å². The van der Waals surface area contributed by atoms with Crippen molar-refractivity contribution in [3.8, 4) is 18.2 Å². The lowest BCUT2D eigenvalue weighted by molar-refractivity contribution is -0.280. The zero-order chi connectivity index (χ0) is 17.6. The second kappa shape index (κ2) is 5.06. The van der Waals surface area contributed by atoms with E-state index in [1.807, 2.05) is 25.1 Å². The monoisotopic (exact) mass is 320 g/mol. The van der Waals surface area contributed by atoms with Crippen LogP contribution in [0.15, 0.2) is 30.3 Å². The average molecular weight is 320 g/mol. The summed E-state index contributed by atoms with van der Waals surface area (Å²) in [4.78, 5) is 0. The summed E-state index contributed by atoms with van der Waals surface area (Å²) in [6.07, 6.45) is -0.580. The van der Waals surface area contributed by atoms with Crippen molar-refractivity contribution in [2.24, 2.45) is 16.7 Å². The first-order valence-corrected chi connectivity index (χ1v) is 7.72. The van der Waals surface area contributed by atoms with Crippen LogP contribution in [0.2, 0.25) is 0 Å². The third-order valence-corrected chi connectivity index (χ3v) is 5.40. The molecule has 1 N–H and O–H groups in total. The van der Waals surface area contributed by atoms with Gasteiger partial charge >= 0.3 is 0 Å². The molecule has 2 saturated heterocycles.